The van der Waals surface area contributed by atoms with E-state index >= 15 is 0 Å². The average Bonchev–Trinajstić information content (AvgIpc) is 2.95. The first-order valence-corrected chi connectivity index (χ1v) is 8.37. The van der Waals surface area contributed by atoms with E-state index in [2.05, 4.69) is 37.2 Å². The predicted molar refractivity (Wildman–Crippen MR) is 92.3 cm³/mol. The Morgan fingerprint density at radius 1 is 1.22 bits per heavy atom. The van der Waals surface area contributed by atoms with E-state index in [0.29, 0.717) is 10.4 Å². The Bertz CT molecular complexity index is 790. The lowest BCUT2D eigenvalue weighted by Crippen LogP contribution is -2.30. The second kappa shape index (κ2) is 6.33. The summed E-state index contributed by atoms with van der Waals surface area (Å²) in [5.41, 5.74) is 2.21. The van der Waals surface area contributed by atoms with Gasteiger partial charge < -0.3 is 9.73 Å². The van der Waals surface area contributed by atoms with Crippen molar-refractivity contribution in [2.45, 2.75) is 13.5 Å². The summed E-state index contributed by atoms with van der Waals surface area (Å²) in [6.45, 7) is 2.21. The molecule has 1 aromatic carbocycles. The number of nitrogens with zero attached hydrogens (tertiary/aromatic N) is 1. The molecule has 3 amide bonds. The lowest BCUT2D eigenvalue weighted by atomic mass is 10.1. The number of urea groups is 1. The van der Waals surface area contributed by atoms with Crippen LogP contribution in [0.25, 0.3) is 6.08 Å². The smallest absolute Gasteiger partial charge is 0.329 e. The molecule has 0 aliphatic carbocycles. The fraction of sp³-hybridized carbons (Fsp3) is 0.125. The van der Waals surface area contributed by atoms with Crippen LogP contribution in [0.4, 0.5) is 4.79 Å². The summed E-state index contributed by atoms with van der Waals surface area (Å²) in [4.78, 5) is 25.6. The topological polar surface area (TPSA) is 62.6 Å². The first-order valence-electron chi connectivity index (χ1n) is 6.79. The molecule has 1 aliphatic rings. The van der Waals surface area contributed by atoms with Crippen LogP contribution in [-0.2, 0) is 11.3 Å². The quantitative estimate of drug-likeness (QED) is 0.575. The standard InChI is InChI=1S/C16H12Br2N2O3/c1-9-2-4-10(5-3-9)8-20-15(21)13(19-16(20)22)7-11-6-12(17)14(18)23-11/h2-7H,8H2,1H3,(H,19,22)/b13-7-. The van der Waals surface area contributed by atoms with Crippen LogP contribution < -0.4 is 5.32 Å². The van der Waals surface area contributed by atoms with Crippen molar-refractivity contribution in [3.8, 4) is 0 Å². The van der Waals surface area contributed by atoms with Gasteiger partial charge in [0.2, 0.25) is 0 Å². The summed E-state index contributed by atoms with van der Waals surface area (Å²) < 4.78 is 6.66. The second-order valence-corrected chi connectivity index (χ2v) is 6.71. The summed E-state index contributed by atoms with van der Waals surface area (Å²) >= 11 is 6.53. The van der Waals surface area contributed by atoms with Crippen LogP contribution in [0.5, 0.6) is 0 Å². The Balaban J connectivity index is 1.80. The number of nitrogens with one attached hydrogen (secondary N) is 1. The van der Waals surface area contributed by atoms with Gasteiger partial charge in [0.15, 0.2) is 4.67 Å². The van der Waals surface area contributed by atoms with Crippen LogP contribution in [0.15, 0.2) is 49.6 Å². The maximum atomic E-state index is 12.4. The summed E-state index contributed by atoms with van der Waals surface area (Å²) in [7, 11) is 0. The van der Waals surface area contributed by atoms with Crippen LogP contribution in [0.3, 0.4) is 0 Å². The molecule has 1 N–H and O–H groups in total. The van der Waals surface area contributed by atoms with Crippen molar-refractivity contribution in [3.05, 3.63) is 62.1 Å². The van der Waals surface area contributed by atoms with Crippen molar-refractivity contribution in [2.75, 3.05) is 0 Å². The maximum absolute atomic E-state index is 12.4. The van der Waals surface area contributed by atoms with Gasteiger partial charge in [-0.3, -0.25) is 9.69 Å². The zero-order chi connectivity index (χ0) is 16.6. The first kappa shape index (κ1) is 16.0. The second-order valence-electron chi connectivity index (χ2n) is 5.14. The van der Waals surface area contributed by atoms with Gasteiger partial charge in [0, 0.05) is 6.08 Å². The molecule has 0 bridgehead atoms. The van der Waals surface area contributed by atoms with Gasteiger partial charge in [0.1, 0.15) is 11.5 Å². The zero-order valence-corrected chi connectivity index (χ0v) is 15.3. The minimum atomic E-state index is -0.438. The first-order chi connectivity index (χ1) is 10.9. The largest absolute Gasteiger partial charge is 0.449 e. The third kappa shape index (κ3) is 3.40. The normalized spacial score (nSPS) is 16.3. The molecule has 118 valence electrons. The molecule has 1 fully saturated rings. The number of amides is 3. The number of hydrogen-bond acceptors (Lipinski definition) is 3. The number of imide groups is 1. The highest BCUT2D eigenvalue weighted by Gasteiger charge is 2.33. The van der Waals surface area contributed by atoms with E-state index in [9.17, 15) is 9.59 Å². The molecule has 0 saturated carbocycles. The van der Waals surface area contributed by atoms with Gasteiger partial charge >= 0.3 is 6.03 Å². The third-order valence-corrected chi connectivity index (χ3v) is 5.08. The minimum absolute atomic E-state index is 0.191. The monoisotopic (exact) mass is 438 g/mol. The molecule has 3 rings (SSSR count). The number of benzene rings is 1. The Kier molecular flexibility index (Phi) is 4.41. The number of carbonyl (C=O) groups excluding carboxylic acids is 2. The number of carbonyl (C=O) groups is 2. The fourth-order valence-corrected chi connectivity index (χ4v) is 2.78. The number of furan rings is 1. The van der Waals surface area contributed by atoms with E-state index in [-0.39, 0.29) is 18.1 Å². The van der Waals surface area contributed by atoms with Gasteiger partial charge in [-0.1, -0.05) is 29.8 Å². The minimum Gasteiger partial charge on any atom is -0.449 e. The molecule has 0 spiro atoms. The maximum Gasteiger partial charge on any atom is 0.329 e. The van der Waals surface area contributed by atoms with Gasteiger partial charge in [-0.05, 0) is 50.4 Å². The van der Waals surface area contributed by atoms with E-state index < -0.39 is 6.03 Å². The van der Waals surface area contributed by atoms with Gasteiger partial charge in [0.05, 0.1) is 11.0 Å². The number of hydrogen-bond donors (Lipinski definition) is 1. The van der Waals surface area contributed by atoms with E-state index in [4.69, 9.17) is 4.42 Å². The van der Waals surface area contributed by atoms with Gasteiger partial charge in [-0.25, -0.2) is 4.79 Å². The summed E-state index contributed by atoms with van der Waals surface area (Å²) in [5, 5.41) is 2.57. The molecule has 1 aromatic heterocycles. The van der Waals surface area contributed by atoms with Gasteiger partial charge in [-0.2, -0.15) is 0 Å². The molecule has 2 heterocycles. The van der Waals surface area contributed by atoms with Crippen LogP contribution in [0.1, 0.15) is 16.9 Å². The molecule has 5 nitrogen and oxygen atoms in total. The van der Waals surface area contributed by atoms with E-state index in [1.807, 2.05) is 31.2 Å². The Hall–Kier alpha value is -1.86. The van der Waals surface area contributed by atoms with Crippen LogP contribution in [0, 0.1) is 6.92 Å². The van der Waals surface area contributed by atoms with Crippen LogP contribution in [0.2, 0.25) is 0 Å². The molecule has 0 radical (unpaired) electrons. The van der Waals surface area contributed by atoms with E-state index in [0.717, 1.165) is 15.6 Å². The van der Waals surface area contributed by atoms with Gasteiger partial charge in [0.25, 0.3) is 5.91 Å². The number of halogens is 2. The predicted octanol–water partition coefficient (Wildman–Crippen LogP) is 4.21. The molecule has 0 unspecified atom stereocenters. The highest BCUT2D eigenvalue weighted by atomic mass is 79.9. The highest BCUT2D eigenvalue weighted by Crippen LogP contribution is 2.28. The summed E-state index contributed by atoms with van der Waals surface area (Å²) in [6.07, 6.45) is 1.50. The zero-order valence-electron chi connectivity index (χ0n) is 12.1. The van der Waals surface area contributed by atoms with Crippen LogP contribution in [-0.4, -0.2) is 16.8 Å². The Labute approximate surface area is 149 Å². The van der Waals surface area contributed by atoms with E-state index in [1.165, 1.54) is 11.0 Å². The molecular formula is C16H12Br2N2O3. The Morgan fingerprint density at radius 3 is 2.52 bits per heavy atom. The summed E-state index contributed by atoms with van der Waals surface area (Å²) in [6, 6.07) is 8.97. The molecule has 7 heteroatoms. The van der Waals surface area contributed by atoms with Crippen molar-refractivity contribution in [3.63, 3.8) is 0 Å². The molecular weight excluding hydrogens is 428 g/mol. The van der Waals surface area contributed by atoms with Crippen molar-refractivity contribution >= 4 is 49.9 Å². The van der Waals surface area contributed by atoms with Crippen LogP contribution >= 0.6 is 31.9 Å². The lowest BCUT2D eigenvalue weighted by Gasteiger charge is -2.11. The number of rotatable bonds is 3. The molecule has 1 saturated heterocycles. The molecule has 1 aliphatic heterocycles. The van der Waals surface area contributed by atoms with Crippen molar-refractivity contribution < 1.29 is 14.0 Å². The van der Waals surface area contributed by atoms with Crippen molar-refractivity contribution in [2.24, 2.45) is 0 Å². The molecule has 2 aromatic rings. The Morgan fingerprint density at radius 2 is 1.91 bits per heavy atom. The summed E-state index contributed by atoms with van der Waals surface area (Å²) in [5.74, 6) is 0.0869. The molecule has 23 heavy (non-hydrogen) atoms. The average molecular weight is 440 g/mol. The van der Waals surface area contributed by atoms with Gasteiger partial charge in [-0.15, -0.1) is 0 Å². The molecule has 0 atom stereocenters. The lowest BCUT2D eigenvalue weighted by molar-refractivity contribution is -0.123. The van der Waals surface area contributed by atoms with E-state index in [1.54, 1.807) is 6.07 Å². The number of aryl methyl sites for hydroxylation is 1. The highest BCUT2D eigenvalue weighted by molar-refractivity contribution is 9.13. The third-order valence-electron chi connectivity index (χ3n) is 3.37. The van der Waals surface area contributed by atoms with Crippen molar-refractivity contribution in [1.82, 2.24) is 10.2 Å². The SMILES string of the molecule is Cc1ccc(CN2C(=O)N/C(=C\c3cc(Br)c(Br)o3)C2=O)cc1. The fourth-order valence-electron chi connectivity index (χ4n) is 2.17. The van der Waals surface area contributed by atoms with Crippen molar-refractivity contribution in [1.29, 1.82) is 0 Å².